The van der Waals surface area contributed by atoms with Gasteiger partial charge in [0, 0.05) is 30.2 Å². The van der Waals surface area contributed by atoms with Crippen molar-refractivity contribution >= 4 is 61.6 Å². The molecule has 0 atom stereocenters. The molecule has 0 saturated heterocycles. The molecule has 11 heteroatoms. The molecule has 1 N–H and O–H groups in total. The lowest BCUT2D eigenvalue weighted by molar-refractivity contribution is 0.0723. The first-order valence-corrected chi connectivity index (χ1v) is 11.2. The number of anilines is 1. The Balaban J connectivity index is 1.67. The van der Waals surface area contributed by atoms with Gasteiger partial charge in [0.15, 0.2) is 11.5 Å². The largest absolute Gasteiger partial charge is 0.325 e. The van der Waals surface area contributed by atoms with Crippen LogP contribution in [0.5, 0.6) is 0 Å². The Labute approximate surface area is 205 Å². The molecular weight excluding hydrogens is 587 g/mol. The summed E-state index contributed by atoms with van der Waals surface area (Å²) in [4.78, 5) is 36.6. The maximum atomic E-state index is 13.4. The fraction of sp³-hybridized carbons (Fsp3) is 0.0952. The number of pyridine rings is 3. The number of carbonyl (C=O) groups excluding carboxylic acids is 1. The van der Waals surface area contributed by atoms with Crippen LogP contribution in [0.1, 0.15) is 27.4 Å². The van der Waals surface area contributed by atoms with Crippen molar-refractivity contribution in [1.29, 1.82) is 5.26 Å². The topological polar surface area (TPSA) is 121 Å². The standard InChI is InChI=1S/C21H14BrIN8O/c22-17-7-14-6-15(10-28-19(14)29-20(17)30-23)21(32)31(12-18-25-4-1-5-26-18)11-16-3-2-13(8-24)9-27-16/h1-7,9-10H,11-12H2,(H,28,29,30). The second kappa shape index (κ2) is 9.92. The molecule has 158 valence electrons. The van der Waals surface area contributed by atoms with Crippen LogP contribution in [0.2, 0.25) is 0 Å². The van der Waals surface area contributed by atoms with Crippen LogP contribution in [0, 0.1) is 11.3 Å². The zero-order valence-corrected chi connectivity index (χ0v) is 20.1. The summed E-state index contributed by atoms with van der Waals surface area (Å²) in [7, 11) is 0. The third kappa shape index (κ3) is 4.97. The maximum Gasteiger partial charge on any atom is 0.256 e. The van der Waals surface area contributed by atoms with E-state index in [4.69, 9.17) is 5.26 Å². The first-order chi connectivity index (χ1) is 15.6. The van der Waals surface area contributed by atoms with Crippen molar-refractivity contribution in [2.75, 3.05) is 3.53 Å². The van der Waals surface area contributed by atoms with Gasteiger partial charge in [-0.2, -0.15) is 5.26 Å². The normalized spacial score (nSPS) is 10.5. The van der Waals surface area contributed by atoms with Gasteiger partial charge in [-0.1, -0.05) is 0 Å². The lowest BCUT2D eigenvalue weighted by Crippen LogP contribution is -2.31. The monoisotopic (exact) mass is 600 g/mol. The summed E-state index contributed by atoms with van der Waals surface area (Å²) in [6, 6.07) is 10.8. The summed E-state index contributed by atoms with van der Waals surface area (Å²) in [6.07, 6.45) is 6.25. The van der Waals surface area contributed by atoms with E-state index in [1.807, 2.05) is 35.0 Å². The van der Waals surface area contributed by atoms with Crippen LogP contribution < -0.4 is 3.53 Å². The molecule has 0 radical (unpaired) electrons. The van der Waals surface area contributed by atoms with Crippen LogP contribution in [-0.2, 0) is 13.1 Å². The third-order valence-electron chi connectivity index (χ3n) is 4.50. The number of nitriles is 1. The lowest BCUT2D eigenvalue weighted by atomic mass is 10.1. The molecule has 0 aliphatic rings. The zero-order chi connectivity index (χ0) is 22.5. The number of nitrogens with one attached hydrogen (secondary N) is 1. The fourth-order valence-corrected chi connectivity index (χ4v) is 4.18. The molecule has 0 fully saturated rings. The molecule has 0 aliphatic carbocycles. The van der Waals surface area contributed by atoms with Gasteiger partial charge < -0.3 is 8.43 Å². The van der Waals surface area contributed by atoms with E-state index < -0.39 is 0 Å². The minimum Gasteiger partial charge on any atom is -0.325 e. The summed E-state index contributed by atoms with van der Waals surface area (Å²) >= 11 is 5.46. The Bertz CT molecular complexity index is 1310. The number of halogens is 2. The minimum atomic E-state index is -0.245. The van der Waals surface area contributed by atoms with Crippen molar-refractivity contribution in [1.82, 2.24) is 29.8 Å². The highest BCUT2D eigenvalue weighted by Gasteiger charge is 2.20. The Morgan fingerprint density at radius 1 is 1.12 bits per heavy atom. The Kier molecular flexibility index (Phi) is 6.81. The minimum absolute atomic E-state index is 0.193. The first-order valence-electron chi connectivity index (χ1n) is 9.30. The molecule has 0 aliphatic heterocycles. The average molecular weight is 601 g/mol. The van der Waals surface area contributed by atoms with Crippen molar-refractivity contribution in [3.63, 3.8) is 0 Å². The van der Waals surface area contributed by atoms with E-state index in [1.54, 1.807) is 41.6 Å². The molecular formula is C21H14BrIN8O. The highest BCUT2D eigenvalue weighted by molar-refractivity contribution is 14.1. The molecule has 0 bridgehead atoms. The van der Waals surface area contributed by atoms with Crippen LogP contribution in [0.4, 0.5) is 5.82 Å². The molecule has 1 amide bonds. The summed E-state index contributed by atoms with van der Waals surface area (Å²) in [5.41, 5.74) is 2.03. The fourth-order valence-electron chi connectivity index (χ4n) is 2.97. The van der Waals surface area contributed by atoms with Gasteiger partial charge in [-0.05, 0) is 46.3 Å². The number of hydrogen-bond acceptors (Lipinski definition) is 8. The maximum absolute atomic E-state index is 13.4. The third-order valence-corrected chi connectivity index (χ3v) is 5.62. The second-order valence-electron chi connectivity index (χ2n) is 6.66. The van der Waals surface area contributed by atoms with Crippen LogP contribution in [0.25, 0.3) is 11.0 Å². The van der Waals surface area contributed by atoms with E-state index in [2.05, 4.69) is 44.4 Å². The highest BCUT2D eigenvalue weighted by Crippen LogP contribution is 2.26. The van der Waals surface area contributed by atoms with E-state index in [1.165, 1.54) is 12.4 Å². The summed E-state index contributed by atoms with van der Waals surface area (Å²) in [5, 5.41) is 9.72. The average Bonchev–Trinajstić information content (AvgIpc) is 2.83. The summed E-state index contributed by atoms with van der Waals surface area (Å²) in [6.45, 7) is 0.416. The van der Waals surface area contributed by atoms with E-state index in [0.717, 1.165) is 9.86 Å². The number of rotatable bonds is 6. The molecule has 4 rings (SSSR count). The smallest absolute Gasteiger partial charge is 0.256 e. The van der Waals surface area contributed by atoms with Crippen molar-refractivity contribution in [3.8, 4) is 6.07 Å². The van der Waals surface area contributed by atoms with Crippen LogP contribution >= 0.6 is 38.8 Å². The van der Waals surface area contributed by atoms with E-state index in [0.29, 0.717) is 34.1 Å². The van der Waals surface area contributed by atoms with Gasteiger partial charge in [0.05, 0.1) is 57.2 Å². The van der Waals surface area contributed by atoms with Gasteiger partial charge >= 0.3 is 0 Å². The predicted octanol–water partition coefficient (Wildman–Crippen LogP) is 4.05. The quantitative estimate of drug-likeness (QED) is 0.260. The van der Waals surface area contributed by atoms with Crippen LogP contribution in [-0.4, -0.2) is 35.7 Å². The van der Waals surface area contributed by atoms with Crippen molar-refractivity contribution in [2.45, 2.75) is 13.1 Å². The number of hydrogen-bond donors (Lipinski definition) is 1. The molecule has 4 aromatic rings. The highest BCUT2D eigenvalue weighted by atomic mass is 127. The van der Waals surface area contributed by atoms with Gasteiger partial charge in [-0.25, -0.2) is 19.9 Å². The Morgan fingerprint density at radius 2 is 1.94 bits per heavy atom. The van der Waals surface area contributed by atoms with Crippen molar-refractivity contribution in [3.05, 3.63) is 82.2 Å². The summed E-state index contributed by atoms with van der Waals surface area (Å²) in [5.74, 6) is 0.912. The van der Waals surface area contributed by atoms with Gasteiger partial charge in [0.1, 0.15) is 11.9 Å². The Hall–Kier alpha value is -3.24. The van der Waals surface area contributed by atoms with Gasteiger partial charge in [-0.3, -0.25) is 9.78 Å². The Morgan fingerprint density at radius 3 is 2.62 bits per heavy atom. The van der Waals surface area contributed by atoms with Crippen LogP contribution in [0.3, 0.4) is 0 Å². The predicted molar refractivity (Wildman–Crippen MR) is 129 cm³/mol. The van der Waals surface area contributed by atoms with Crippen LogP contribution in [0.15, 0.2) is 59.6 Å². The van der Waals surface area contributed by atoms with E-state index in [9.17, 15) is 4.79 Å². The second-order valence-corrected chi connectivity index (χ2v) is 8.05. The zero-order valence-electron chi connectivity index (χ0n) is 16.4. The van der Waals surface area contributed by atoms with E-state index >= 15 is 0 Å². The van der Waals surface area contributed by atoms with Gasteiger partial charge in [0.2, 0.25) is 0 Å². The molecule has 4 heterocycles. The molecule has 0 spiro atoms. The lowest BCUT2D eigenvalue weighted by Gasteiger charge is -2.22. The first kappa shape index (κ1) is 22.0. The number of aromatic nitrogens is 5. The number of fused-ring (bicyclic) bond motifs is 1. The number of amides is 1. The van der Waals surface area contributed by atoms with Crippen molar-refractivity contribution < 1.29 is 4.79 Å². The van der Waals surface area contributed by atoms with Gasteiger partial charge in [0.25, 0.3) is 5.91 Å². The summed E-state index contributed by atoms with van der Waals surface area (Å²) < 4.78 is 3.73. The molecule has 0 saturated carbocycles. The SMILES string of the molecule is N#Cc1ccc(CN(Cc2ncccn2)C(=O)c2cnc3nc(NI)c(Br)cc3c2)nc1. The molecule has 0 unspecified atom stereocenters. The molecule has 9 nitrogen and oxygen atoms in total. The van der Waals surface area contributed by atoms with Gasteiger partial charge in [-0.15, -0.1) is 0 Å². The molecule has 4 aromatic heterocycles. The molecule has 32 heavy (non-hydrogen) atoms. The number of nitrogens with zero attached hydrogens (tertiary/aromatic N) is 7. The van der Waals surface area contributed by atoms with Crippen molar-refractivity contribution in [2.24, 2.45) is 0 Å². The molecule has 0 aromatic carbocycles. The number of carbonyl (C=O) groups is 1. The van der Waals surface area contributed by atoms with E-state index in [-0.39, 0.29) is 19.0 Å².